The smallest absolute Gasteiger partial charge is 0.306 e. The maximum absolute atomic E-state index is 12.9. The Labute approximate surface area is 484 Å². The number of ether oxygens (including phenoxy) is 3. The second-order valence-corrected chi connectivity index (χ2v) is 22.3. The van der Waals surface area contributed by atoms with Gasteiger partial charge in [-0.3, -0.25) is 14.4 Å². The molecule has 0 N–H and O–H groups in total. The molecule has 0 bridgehead atoms. The highest BCUT2D eigenvalue weighted by Crippen LogP contribution is 2.17. The number of carbonyl (C=O) groups excluding carboxylic acids is 3. The van der Waals surface area contributed by atoms with Gasteiger partial charge in [0.05, 0.1) is 0 Å². The van der Waals surface area contributed by atoms with Crippen LogP contribution in [0.4, 0.5) is 0 Å². The largest absolute Gasteiger partial charge is 0.462 e. The lowest BCUT2D eigenvalue weighted by atomic mass is 10.0. The van der Waals surface area contributed by atoms with E-state index in [0.717, 1.165) is 103 Å². The number of hydrogen-bond donors (Lipinski definition) is 0. The fourth-order valence-corrected chi connectivity index (χ4v) is 9.59. The molecule has 78 heavy (non-hydrogen) atoms. The third-order valence-corrected chi connectivity index (χ3v) is 14.6. The number of esters is 3. The van der Waals surface area contributed by atoms with Crippen molar-refractivity contribution in [1.82, 2.24) is 0 Å². The SMILES string of the molecule is CC/C=C\C/C=C\C/C=C\C/C=C\CCCCCCCCCCCCCCCCCCCCC(=O)OCC(COC(=O)CCCCCCC/C=C\CCC)OC(=O)CCCCCCCCCCC/C=C\C/C=C\CCCCC. The number of unbranched alkanes of at least 4 members (excludes halogenated alkanes) is 36. The Bertz CT molecular complexity index is 1480. The van der Waals surface area contributed by atoms with Crippen LogP contribution >= 0.6 is 0 Å². The highest BCUT2D eigenvalue weighted by Gasteiger charge is 2.19. The van der Waals surface area contributed by atoms with Crippen LogP contribution in [0.2, 0.25) is 0 Å². The van der Waals surface area contributed by atoms with Gasteiger partial charge in [-0.15, -0.1) is 0 Å². The normalized spacial score (nSPS) is 12.6. The van der Waals surface area contributed by atoms with E-state index in [1.807, 2.05) is 0 Å². The average Bonchev–Trinajstić information content (AvgIpc) is 3.44. The summed E-state index contributed by atoms with van der Waals surface area (Å²) in [6.07, 6.45) is 87.6. The van der Waals surface area contributed by atoms with Crippen LogP contribution in [0.25, 0.3) is 0 Å². The van der Waals surface area contributed by atoms with E-state index in [-0.39, 0.29) is 31.1 Å². The van der Waals surface area contributed by atoms with E-state index in [4.69, 9.17) is 14.2 Å². The maximum Gasteiger partial charge on any atom is 0.306 e. The molecule has 6 nitrogen and oxygen atoms in total. The van der Waals surface area contributed by atoms with E-state index in [1.54, 1.807) is 0 Å². The molecule has 0 amide bonds. The number of carbonyl (C=O) groups is 3. The monoisotopic (exact) mass is 1090 g/mol. The topological polar surface area (TPSA) is 78.9 Å². The molecule has 1 atom stereocenters. The summed E-state index contributed by atoms with van der Waals surface area (Å²) in [4.78, 5) is 38.3. The third-order valence-electron chi connectivity index (χ3n) is 14.6. The van der Waals surface area contributed by atoms with E-state index < -0.39 is 6.10 Å². The molecule has 0 aromatic heterocycles. The molecule has 0 aliphatic carbocycles. The van der Waals surface area contributed by atoms with Crippen molar-refractivity contribution in [2.24, 2.45) is 0 Å². The number of allylic oxidation sites excluding steroid dienone is 14. The minimum atomic E-state index is -0.780. The van der Waals surface area contributed by atoms with Gasteiger partial charge in [-0.2, -0.15) is 0 Å². The predicted molar refractivity (Wildman–Crippen MR) is 339 cm³/mol. The number of rotatable bonds is 61. The Balaban J connectivity index is 4.13. The summed E-state index contributed by atoms with van der Waals surface area (Å²) in [6, 6.07) is 0. The van der Waals surface area contributed by atoms with Crippen molar-refractivity contribution in [2.45, 2.75) is 341 Å². The molecule has 0 aliphatic heterocycles. The molecule has 0 heterocycles. The van der Waals surface area contributed by atoms with Gasteiger partial charge in [0, 0.05) is 19.3 Å². The molecule has 0 rings (SSSR count). The maximum atomic E-state index is 12.9. The first-order valence-electron chi connectivity index (χ1n) is 33.6. The van der Waals surface area contributed by atoms with Gasteiger partial charge in [0.1, 0.15) is 13.2 Å². The first kappa shape index (κ1) is 74.6. The van der Waals surface area contributed by atoms with Gasteiger partial charge < -0.3 is 14.2 Å². The van der Waals surface area contributed by atoms with Crippen molar-refractivity contribution in [3.63, 3.8) is 0 Å². The molecule has 6 heteroatoms. The van der Waals surface area contributed by atoms with Gasteiger partial charge in [-0.25, -0.2) is 0 Å². The third kappa shape index (κ3) is 63.4. The summed E-state index contributed by atoms with van der Waals surface area (Å²) < 4.78 is 16.9. The zero-order chi connectivity index (χ0) is 56.4. The zero-order valence-corrected chi connectivity index (χ0v) is 51.7. The van der Waals surface area contributed by atoms with Crippen LogP contribution in [0.3, 0.4) is 0 Å². The lowest BCUT2D eigenvalue weighted by Crippen LogP contribution is -2.30. The second kappa shape index (κ2) is 66.1. The summed E-state index contributed by atoms with van der Waals surface area (Å²) in [5, 5.41) is 0. The van der Waals surface area contributed by atoms with Crippen molar-refractivity contribution < 1.29 is 28.6 Å². The molecular weight excluding hydrogens is 961 g/mol. The van der Waals surface area contributed by atoms with Crippen molar-refractivity contribution in [1.29, 1.82) is 0 Å². The van der Waals surface area contributed by atoms with Crippen molar-refractivity contribution in [3.05, 3.63) is 85.1 Å². The number of hydrogen-bond acceptors (Lipinski definition) is 6. The summed E-state index contributed by atoms with van der Waals surface area (Å²) in [7, 11) is 0. The van der Waals surface area contributed by atoms with E-state index in [1.165, 1.54) is 193 Å². The van der Waals surface area contributed by atoms with E-state index in [9.17, 15) is 14.4 Å². The lowest BCUT2D eigenvalue weighted by Gasteiger charge is -2.18. The van der Waals surface area contributed by atoms with Gasteiger partial charge in [0.2, 0.25) is 0 Å². The first-order valence-corrected chi connectivity index (χ1v) is 33.6. The molecule has 0 spiro atoms. The summed E-state index contributed by atoms with van der Waals surface area (Å²) in [5.74, 6) is -0.878. The van der Waals surface area contributed by atoms with Gasteiger partial charge >= 0.3 is 17.9 Å². The Morgan fingerprint density at radius 2 is 0.526 bits per heavy atom. The fourth-order valence-electron chi connectivity index (χ4n) is 9.59. The van der Waals surface area contributed by atoms with Crippen LogP contribution in [-0.4, -0.2) is 37.2 Å². The Hall–Kier alpha value is -3.41. The lowest BCUT2D eigenvalue weighted by molar-refractivity contribution is -0.167. The van der Waals surface area contributed by atoms with Crippen molar-refractivity contribution >= 4 is 17.9 Å². The highest BCUT2D eigenvalue weighted by atomic mass is 16.6. The van der Waals surface area contributed by atoms with Crippen LogP contribution in [-0.2, 0) is 28.6 Å². The van der Waals surface area contributed by atoms with Gasteiger partial charge in [0.25, 0.3) is 0 Å². The van der Waals surface area contributed by atoms with Crippen LogP contribution < -0.4 is 0 Å². The van der Waals surface area contributed by atoms with E-state index in [2.05, 4.69) is 106 Å². The molecule has 0 saturated carbocycles. The van der Waals surface area contributed by atoms with Gasteiger partial charge in [0.15, 0.2) is 6.10 Å². The minimum Gasteiger partial charge on any atom is -0.462 e. The van der Waals surface area contributed by atoms with Crippen molar-refractivity contribution in [3.8, 4) is 0 Å². The second-order valence-electron chi connectivity index (χ2n) is 22.3. The zero-order valence-electron chi connectivity index (χ0n) is 51.7. The first-order chi connectivity index (χ1) is 38.5. The highest BCUT2D eigenvalue weighted by molar-refractivity contribution is 5.71. The molecular formula is C72H126O6. The average molecular weight is 1090 g/mol. The minimum absolute atomic E-state index is 0.0774. The van der Waals surface area contributed by atoms with Crippen LogP contribution in [0.15, 0.2) is 85.1 Å². The van der Waals surface area contributed by atoms with E-state index >= 15 is 0 Å². The molecule has 1 unspecified atom stereocenters. The Kier molecular flexibility index (Phi) is 63.2. The predicted octanol–water partition coefficient (Wildman–Crippen LogP) is 23.1. The van der Waals surface area contributed by atoms with E-state index in [0.29, 0.717) is 19.3 Å². The Morgan fingerprint density at radius 1 is 0.269 bits per heavy atom. The molecule has 0 radical (unpaired) electrons. The molecule has 0 aliphatic rings. The van der Waals surface area contributed by atoms with Crippen LogP contribution in [0, 0.1) is 0 Å². The summed E-state index contributed by atoms with van der Waals surface area (Å²) in [5.41, 5.74) is 0. The summed E-state index contributed by atoms with van der Waals surface area (Å²) in [6.45, 7) is 6.47. The van der Waals surface area contributed by atoms with Crippen LogP contribution in [0.5, 0.6) is 0 Å². The molecule has 0 aromatic rings. The molecule has 450 valence electrons. The van der Waals surface area contributed by atoms with Gasteiger partial charge in [-0.05, 0) is 109 Å². The molecule has 0 saturated heterocycles. The molecule has 0 aromatic carbocycles. The quantitative estimate of drug-likeness (QED) is 0.0261. The standard InChI is InChI=1S/C72H126O6/c1-4-7-10-13-16-19-22-24-26-28-30-31-32-33-34-35-36-37-38-39-40-41-43-44-46-48-50-53-56-59-62-65-71(74)77-68-69(67-76-70(73)64-61-58-55-52-21-18-15-12-9-6-3)78-72(75)66-63-60-57-54-51-49-47-45-42-29-27-25-23-20-17-14-11-8-5-2/h7,10,12,15-17,19-20,24-27,30-31,69H,4-6,8-9,11,13-14,18,21-23,28-29,32-68H2,1-3H3/b10-7-,15-12-,19-16-,20-17-,26-24-,27-25-,31-30-. The van der Waals surface area contributed by atoms with Gasteiger partial charge in [-0.1, -0.05) is 292 Å². The Morgan fingerprint density at radius 3 is 0.846 bits per heavy atom. The summed E-state index contributed by atoms with van der Waals surface area (Å²) >= 11 is 0. The van der Waals surface area contributed by atoms with Crippen molar-refractivity contribution in [2.75, 3.05) is 13.2 Å². The molecule has 0 fully saturated rings. The van der Waals surface area contributed by atoms with Crippen LogP contribution in [0.1, 0.15) is 335 Å². The fraction of sp³-hybridized carbons (Fsp3) is 0.764.